The highest BCUT2D eigenvalue weighted by atomic mass is 35.5. The Labute approximate surface area is 171 Å². The van der Waals surface area contributed by atoms with Gasteiger partial charge in [-0.25, -0.2) is 4.79 Å². The lowest BCUT2D eigenvalue weighted by Crippen LogP contribution is -2.53. The molecule has 2 N–H and O–H groups in total. The zero-order valence-electron chi connectivity index (χ0n) is 15.9. The van der Waals surface area contributed by atoms with Crippen LogP contribution in [0.4, 0.5) is 4.79 Å². The summed E-state index contributed by atoms with van der Waals surface area (Å²) in [5, 5.41) is 0. The first-order valence-corrected chi connectivity index (χ1v) is 9.76. The minimum absolute atomic E-state index is 0. The molecule has 8 heteroatoms. The summed E-state index contributed by atoms with van der Waals surface area (Å²) >= 11 is 0. The molecule has 1 saturated carbocycles. The van der Waals surface area contributed by atoms with Crippen molar-refractivity contribution < 1.29 is 19.1 Å². The first-order valence-electron chi connectivity index (χ1n) is 9.76. The van der Waals surface area contributed by atoms with Crippen LogP contribution in [0.25, 0.3) is 0 Å². The molecule has 0 aromatic heterocycles. The first kappa shape index (κ1) is 20.7. The van der Waals surface area contributed by atoms with E-state index in [0.29, 0.717) is 51.5 Å². The van der Waals surface area contributed by atoms with Crippen molar-refractivity contribution in [1.29, 1.82) is 0 Å². The van der Waals surface area contributed by atoms with Gasteiger partial charge in [-0.1, -0.05) is 18.2 Å². The Morgan fingerprint density at radius 1 is 1.25 bits per heavy atom. The number of hydrogen-bond acceptors (Lipinski definition) is 5. The van der Waals surface area contributed by atoms with Crippen LogP contribution < -0.4 is 10.5 Å². The molecule has 2 amide bonds. The van der Waals surface area contributed by atoms with E-state index >= 15 is 0 Å². The van der Waals surface area contributed by atoms with Crippen molar-refractivity contribution in [3.05, 3.63) is 30.3 Å². The van der Waals surface area contributed by atoms with E-state index in [2.05, 4.69) is 0 Å². The monoisotopic (exact) mass is 409 g/mol. The normalized spacial score (nSPS) is 21.8. The maximum Gasteiger partial charge on any atom is 0.410 e. The van der Waals surface area contributed by atoms with Crippen LogP contribution in [0, 0.1) is 5.92 Å². The second kappa shape index (κ2) is 8.57. The molecule has 1 aliphatic carbocycles. The van der Waals surface area contributed by atoms with Crippen LogP contribution in [0.15, 0.2) is 30.3 Å². The third-order valence-electron chi connectivity index (χ3n) is 5.82. The summed E-state index contributed by atoms with van der Waals surface area (Å²) in [4.78, 5) is 28.3. The summed E-state index contributed by atoms with van der Waals surface area (Å²) in [6, 6.07) is 9.18. The molecule has 154 valence electrons. The van der Waals surface area contributed by atoms with Crippen molar-refractivity contribution in [3.8, 4) is 5.75 Å². The maximum atomic E-state index is 12.5. The average molecular weight is 410 g/mol. The van der Waals surface area contributed by atoms with Crippen LogP contribution in [0.1, 0.15) is 25.7 Å². The Kier molecular flexibility index (Phi) is 6.35. The van der Waals surface area contributed by atoms with Crippen molar-refractivity contribution in [1.82, 2.24) is 9.80 Å². The summed E-state index contributed by atoms with van der Waals surface area (Å²) in [7, 11) is 0. The molecule has 1 spiro atoms. The summed E-state index contributed by atoms with van der Waals surface area (Å²) in [5.41, 5.74) is 5.56. The van der Waals surface area contributed by atoms with E-state index in [4.69, 9.17) is 15.2 Å². The number of rotatable bonds is 6. The number of amides is 2. The fourth-order valence-electron chi connectivity index (χ4n) is 3.92. The highest BCUT2D eigenvalue weighted by Gasteiger charge is 2.48. The van der Waals surface area contributed by atoms with Crippen LogP contribution in [0.5, 0.6) is 5.75 Å². The molecule has 4 rings (SSSR count). The minimum Gasteiger partial charge on any atom is -0.492 e. The fourth-order valence-corrected chi connectivity index (χ4v) is 3.92. The highest BCUT2D eigenvalue weighted by molar-refractivity contribution is 5.85. The number of piperidine rings is 1. The van der Waals surface area contributed by atoms with Gasteiger partial charge in [-0.2, -0.15) is 0 Å². The lowest BCUT2D eigenvalue weighted by molar-refractivity contribution is -0.136. The van der Waals surface area contributed by atoms with E-state index in [-0.39, 0.29) is 30.4 Å². The predicted octanol–water partition coefficient (Wildman–Crippen LogP) is 2.04. The van der Waals surface area contributed by atoms with Gasteiger partial charge in [-0.05, 0) is 30.9 Å². The fraction of sp³-hybridized carbons (Fsp3) is 0.600. The van der Waals surface area contributed by atoms with Gasteiger partial charge < -0.3 is 25.0 Å². The van der Waals surface area contributed by atoms with Crippen molar-refractivity contribution in [2.75, 3.05) is 32.8 Å². The number of halogens is 1. The van der Waals surface area contributed by atoms with Crippen molar-refractivity contribution in [2.24, 2.45) is 11.7 Å². The summed E-state index contributed by atoms with van der Waals surface area (Å²) in [6.45, 7) is 2.67. The van der Waals surface area contributed by atoms with Crippen molar-refractivity contribution in [2.45, 2.75) is 37.3 Å². The SMILES string of the molecule is Cl.N[C@H](C(=O)N1CCC2(CC1)CN(CCOc1ccccc1)C(=O)O2)C1CC1. The third kappa shape index (κ3) is 4.52. The number of carbonyl (C=O) groups is 2. The number of likely N-dealkylation sites (tertiary alicyclic amines) is 1. The molecule has 3 aliphatic rings. The van der Waals surface area contributed by atoms with E-state index in [1.165, 1.54) is 0 Å². The number of hydrogen-bond donors (Lipinski definition) is 1. The highest BCUT2D eigenvalue weighted by Crippen LogP contribution is 2.35. The van der Waals surface area contributed by atoms with E-state index < -0.39 is 5.60 Å². The second-order valence-corrected chi connectivity index (χ2v) is 7.82. The molecular weight excluding hydrogens is 382 g/mol. The van der Waals surface area contributed by atoms with Gasteiger partial charge in [0.15, 0.2) is 0 Å². The molecule has 2 heterocycles. The Hall–Kier alpha value is -1.99. The third-order valence-corrected chi connectivity index (χ3v) is 5.82. The summed E-state index contributed by atoms with van der Waals surface area (Å²) < 4.78 is 11.4. The zero-order valence-corrected chi connectivity index (χ0v) is 16.7. The van der Waals surface area contributed by atoms with E-state index in [9.17, 15) is 9.59 Å². The molecule has 28 heavy (non-hydrogen) atoms. The first-order chi connectivity index (χ1) is 13.1. The van der Waals surface area contributed by atoms with Crippen LogP contribution >= 0.6 is 12.4 Å². The van der Waals surface area contributed by atoms with E-state index in [1.807, 2.05) is 35.2 Å². The largest absolute Gasteiger partial charge is 0.492 e. The number of carbonyl (C=O) groups excluding carboxylic acids is 2. The number of ether oxygens (including phenoxy) is 2. The molecule has 7 nitrogen and oxygen atoms in total. The van der Waals surface area contributed by atoms with Gasteiger partial charge in [0, 0.05) is 25.9 Å². The van der Waals surface area contributed by atoms with Crippen LogP contribution in [-0.2, 0) is 9.53 Å². The molecule has 2 aliphatic heterocycles. The maximum absolute atomic E-state index is 12.5. The Morgan fingerprint density at radius 3 is 2.57 bits per heavy atom. The smallest absolute Gasteiger partial charge is 0.410 e. The molecule has 3 fully saturated rings. The number of nitrogens with two attached hydrogens (primary N) is 1. The topological polar surface area (TPSA) is 85.1 Å². The van der Waals surface area contributed by atoms with Crippen LogP contribution in [-0.4, -0.2) is 66.2 Å². The predicted molar refractivity (Wildman–Crippen MR) is 106 cm³/mol. The van der Waals surface area contributed by atoms with Gasteiger partial charge in [0.1, 0.15) is 18.0 Å². The Balaban J connectivity index is 0.00000225. The number of nitrogens with zero attached hydrogens (tertiary/aromatic N) is 2. The molecule has 1 aromatic rings. The number of benzene rings is 1. The van der Waals surface area contributed by atoms with Gasteiger partial charge in [0.25, 0.3) is 0 Å². The summed E-state index contributed by atoms with van der Waals surface area (Å²) in [5.74, 6) is 1.20. The molecular formula is C20H28ClN3O4. The lowest BCUT2D eigenvalue weighted by Gasteiger charge is -2.38. The Bertz CT molecular complexity index is 690. The molecule has 1 aromatic carbocycles. The molecule has 0 bridgehead atoms. The average Bonchev–Trinajstić information content (AvgIpc) is 3.48. The minimum atomic E-state index is -0.482. The van der Waals surface area contributed by atoms with Crippen LogP contribution in [0.3, 0.4) is 0 Å². The standard InChI is InChI=1S/C20H27N3O4.ClH/c21-17(15-6-7-15)18(24)22-10-8-20(9-11-22)14-23(19(25)27-20)12-13-26-16-4-2-1-3-5-16;/h1-5,15,17H,6-14,21H2;1H/t17-;/m0./s1. The van der Waals surface area contributed by atoms with Crippen LogP contribution in [0.2, 0.25) is 0 Å². The van der Waals surface area contributed by atoms with E-state index in [0.717, 1.165) is 18.6 Å². The van der Waals surface area contributed by atoms with Gasteiger partial charge in [0.05, 0.1) is 19.1 Å². The van der Waals surface area contributed by atoms with E-state index in [1.54, 1.807) is 4.90 Å². The quantitative estimate of drug-likeness (QED) is 0.777. The van der Waals surface area contributed by atoms with Gasteiger partial charge >= 0.3 is 6.09 Å². The van der Waals surface area contributed by atoms with Crippen molar-refractivity contribution in [3.63, 3.8) is 0 Å². The molecule has 2 saturated heterocycles. The second-order valence-electron chi connectivity index (χ2n) is 7.82. The van der Waals surface area contributed by atoms with Gasteiger partial charge in [-0.15, -0.1) is 12.4 Å². The zero-order chi connectivity index (χ0) is 18.9. The summed E-state index contributed by atoms with van der Waals surface area (Å²) in [6.07, 6.45) is 3.15. The van der Waals surface area contributed by atoms with Crippen molar-refractivity contribution >= 4 is 24.4 Å². The lowest BCUT2D eigenvalue weighted by atomic mass is 9.91. The van der Waals surface area contributed by atoms with Gasteiger partial charge in [-0.3, -0.25) is 4.79 Å². The Morgan fingerprint density at radius 2 is 1.93 bits per heavy atom. The van der Waals surface area contributed by atoms with Gasteiger partial charge in [0.2, 0.25) is 5.91 Å². The number of para-hydroxylation sites is 1. The molecule has 1 atom stereocenters. The molecule has 0 unspecified atom stereocenters. The molecule has 0 radical (unpaired) electrons.